The van der Waals surface area contributed by atoms with Crippen LogP contribution >= 0.6 is 11.6 Å². The van der Waals surface area contributed by atoms with Crippen molar-refractivity contribution < 1.29 is 9.59 Å². The molecule has 0 spiro atoms. The van der Waals surface area contributed by atoms with E-state index < -0.39 is 5.91 Å². The Morgan fingerprint density at radius 3 is 2.40 bits per heavy atom. The zero-order chi connectivity index (χ0) is 29.8. The minimum Gasteiger partial charge on any atom is -0.361 e. The molecule has 1 aromatic heterocycles. The van der Waals surface area contributed by atoms with Crippen molar-refractivity contribution in [2.45, 2.75) is 6.92 Å². The van der Waals surface area contributed by atoms with Crippen molar-refractivity contribution >= 4 is 63.4 Å². The number of hydrogen-bond donors (Lipinski definition) is 2. The van der Waals surface area contributed by atoms with Gasteiger partial charge in [-0.25, -0.2) is 10.4 Å². The number of H-pyrrole nitrogens is 1. The molecule has 0 saturated carbocycles. The largest absolute Gasteiger partial charge is 0.361 e. The quantitative estimate of drug-likeness (QED) is 0.0706. The third-order valence-electron chi connectivity index (χ3n) is 6.71. The van der Waals surface area contributed by atoms with Crippen molar-refractivity contribution in [3.63, 3.8) is 0 Å². The number of aliphatic imine (C=N–C) groups is 1. The molecule has 0 aliphatic carbocycles. The van der Waals surface area contributed by atoms with Crippen molar-refractivity contribution in [1.82, 2.24) is 10.4 Å². The number of anilines is 1. The zero-order valence-corrected chi connectivity index (χ0v) is 23.7. The number of halogens is 1. The summed E-state index contributed by atoms with van der Waals surface area (Å²) in [5, 5.41) is 14.3. The molecule has 6 rings (SSSR count). The summed E-state index contributed by atoms with van der Waals surface area (Å²) in [5.74, 6) is 0.0730. The maximum Gasteiger partial charge on any atom is 0.282 e. The number of hydrogen-bond acceptors (Lipinski definition) is 5. The Labute approximate surface area is 251 Å². The van der Waals surface area contributed by atoms with E-state index in [4.69, 9.17) is 11.6 Å². The van der Waals surface area contributed by atoms with Gasteiger partial charge in [0.05, 0.1) is 11.4 Å². The molecular formula is C33H24ClN7O2. The lowest BCUT2D eigenvalue weighted by atomic mass is 10.1. The van der Waals surface area contributed by atoms with Gasteiger partial charge in [-0.2, -0.15) is 0 Å². The van der Waals surface area contributed by atoms with Crippen LogP contribution in [0.3, 0.4) is 0 Å². The molecule has 9 nitrogen and oxygen atoms in total. The van der Waals surface area contributed by atoms with Crippen molar-refractivity contribution in [2.24, 2.45) is 20.3 Å². The number of nitrogens with zero attached hydrogens (tertiary/aromatic N) is 5. The number of benzene rings is 4. The number of aromatic amines is 1. The number of rotatable bonds is 6. The molecule has 0 saturated heterocycles. The van der Waals surface area contributed by atoms with Crippen LogP contribution < -0.4 is 10.3 Å². The molecule has 1 aliphatic heterocycles. The first-order valence-electron chi connectivity index (χ1n) is 13.3. The summed E-state index contributed by atoms with van der Waals surface area (Å²) in [4.78, 5) is 35.5. The van der Waals surface area contributed by atoms with Crippen molar-refractivity contribution in [2.75, 3.05) is 4.90 Å². The smallest absolute Gasteiger partial charge is 0.282 e. The fraction of sp³-hybridized carbons (Fsp3) is 0.0303. The second-order valence-corrected chi connectivity index (χ2v) is 10.0. The molecule has 210 valence electrons. The number of carbonyl (C=O) groups excluding carboxylic acids is 2. The lowest BCUT2D eigenvalue weighted by Crippen LogP contribution is -2.30. The Bertz CT molecular complexity index is 1940. The van der Waals surface area contributed by atoms with Gasteiger partial charge in [0.1, 0.15) is 11.5 Å². The normalized spacial score (nSPS) is 14.6. The SMILES string of the molecule is CC1=N/C(=C/c2c[nH]c3ccccc23)C(=O)N1c1ccc(C(=O)N/N=C(/N=Nc2ccc(Cl)cc2)c2ccccc2)cc1. The summed E-state index contributed by atoms with van der Waals surface area (Å²) < 4.78 is 0. The van der Waals surface area contributed by atoms with Gasteiger partial charge < -0.3 is 4.98 Å². The molecule has 0 unspecified atom stereocenters. The third-order valence-corrected chi connectivity index (χ3v) is 6.96. The highest BCUT2D eigenvalue weighted by molar-refractivity contribution is 6.30. The van der Waals surface area contributed by atoms with Crippen LogP contribution in [0, 0.1) is 0 Å². The highest BCUT2D eigenvalue weighted by Crippen LogP contribution is 2.27. The summed E-state index contributed by atoms with van der Waals surface area (Å²) in [6, 6.07) is 30.6. The lowest BCUT2D eigenvalue weighted by molar-refractivity contribution is -0.113. The van der Waals surface area contributed by atoms with E-state index in [1.165, 1.54) is 4.90 Å². The minimum absolute atomic E-state index is 0.226. The number of aromatic nitrogens is 1. The monoisotopic (exact) mass is 585 g/mol. The maximum absolute atomic E-state index is 13.3. The summed E-state index contributed by atoms with van der Waals surface area (Å²) >= 11 is 5.95. The number of amidine groups is 2. The van der Waals surface area contributed by atoms with Crippen LogP contribution in [0.5, 0.6) is 0 Å². The van der Waals surface area contributed by atoms with Gasteiger partial charge in [0.25, 0.3) is 11.8 Å². The van der Waals surface area contributed by atoms with Crippen molar-refractivity contribution in [3.05, 3.63) is 137 Å². The Hall–Kier alpha value is -5.67. The first-order valence-corrected chi connectivity index (χ1v) is 13.7. The molecule has 10 heteroatoms. The summed E-state index contributed by atoms with van der Waals surface area (Å²) in [6.07, 6.45) is 3.63. The van der Waals surface area contributed by atoms with Crippen LogP contribution in [0.2, 0.25) is 5.02 Å². The van der Waals surface area contributed by atoms with Crippen LogP contribution in [0.1, 0.15) is 28.4 Å². The minimum atomic E-state index is -0.445. The second kappa shape index (κ2) is 12.1. The van der Waals surface area contributed by atoms with E-state index in [-0.39, 0.29) is 11.7 Å². The average molecular weight is 586 g/mol. The van der Waals surface area contributed by atoms with E-state index in [0.29, 0.717) is 39.1 Å². The molecule has 2 amide bonds. The molecule has 0 fully saturated rings. The number of fused-ring (bicyclic) bond motifs is 1. The molecule has 0 bridgehead atoms. The molecular weight excluding hydrogens is 562 g/mol. The van der Waals surface area contributed by atoms with E-state index in [1.807, 2.05) is 60.8 Å². The van der Waals surface area contributed by atoms with Crippen LogP contribution in [0.4, 0.5) is 11.4 Å². The van der Waals surface area contributed by atoms with Crippen LogP contribution in [0.15, 0.2) is 135 Å². The van der Waals surface area contributed by atoms with Crippen LogP contribution in [0.25, 0.3) is 17.0 Å². The third kappa shape index (κ3) is 6.02. The lowest BCUT2D eigenvalue weighted by Gasteiger charge is -2.16. The molecule has 0 radical (unpaired) electrons. The number of azo groups is 1. The molecule has 0 atom stereocenters. The van der Waals surface area contributed by atoms with Gasteiger partial charge >= 0.3 is 0 Å². The van der Waals surface area contributed by atoms with Gasteiger partial charge in [-0.3, -0.25) is 14.5 Å². The summed E-state index contributed by atoms with van der Waals surface area (Å²) in [5.41, 5.74) is 6.96. The highest BCUT2D eigenvalue weighted by Gasteiger charge is 2.29. The Balaban J connectivity index is 1.18. The van der Waals surface area contributed by atoms with E-state index in [9.17, 15) is 9.59 Å². The number of hydrazone groups is 1. The number of amides is 2. The maximum atomic E-state index is 13.3. The molecule has 4 aromatic carbocycles. The molecule has 5 aromatic rings. The van der Waals surface area contributed by atoms with E-state index in [1.54, 1.807) is 61.5 Å². The predicted octanol–water partition coefficient (Wildman–Crippen LogP) is 7.50. The van der Waals surface area contributed by atoms with E-state index in [2.05, 4.69) is 30.7 Å². The first-order chi connectivity index (χ1) is 21.0. The van der Waals surface area contributed by atoms with Gasteiger partial charge in [0.2, 0.25) is 5.84 Å². The van der Waals surface area contributed by atoms with E-state index in [0.717, 1.165) is 16.5 Å². The summed E-state index contributed by atoms with van der Waals surface area (Å²) in [7, 11) is 0. The summed E-state index contributed by atoms with van der Waals surface area (Å²) in [6.45, 7) is 1.77. The van der Waals surface area contributed by atoms with Gasteiger partial charge in [-0.05, 0) is 67.6 Å². The van der Waals surface area contributed by atoms with Gasteiger partial charge in [-0.1, -0.05) is 60.1 Å². The van der Waals surface area contributed by atoms with E-state index >= 15 is 0 Å². The number of nitrogens with one attached hydrogen (secondary N) is 2. The Morgan fingerprint density at radius 2 is 1.63 bits per heavy atom. The molecule has 2 N–H and O–H groups in total. The molecule has 1 aliphatic rings. The van der Waals surface area contributed by atoms with Crippen molar-refractivity contribution in [1.29, 1.82) is 0 Å². The average Bonchev–Trinajstić information content (AvgIpc) is 3.57. The second-order valence-electron chi connectivity index (χ2n) is 9.58. The van der Waals surface area contributed by atoms with Gasteiger partial charge in [0.15, 0.2) is 0 Å². The standard InChI is InChI=1S/C33H24ClN7O2/c1-21-36-30(19-24-20-35-29-10-6-5-9-28(24)29)33(43)41(21)27-17-11-23(12-18-27)32(42)40-39-31(22-7-3-2-4-8-22)38-37-26-15-13-25(34)14-16-26/h2-20,35H,1H3,(H,40,42)/b30-19+,38-37?,39-31+. The fourth-order valence-corrected chi connectivity index (χ4v) is 4.69. The number of para-hydroxylation sites is 1. The Kier molecular flexibility index (Phi) is 7.71. The fourth-order valence-electron chi connectivity index (χ4n) is 4.57. The van der Waals surface area contributed by atoms with Crippen LogP contribution in [-0.2, 0) is 4.79 Å². The van der Waals surface area contributed by atoms with Crippen molar-refractivity contribution in [3.8, 4) is 0 Å². The topological polar surface area (TPSA) is 115 Å². The molecule has 2 heterocycles. The number of carbonyl (C=O) groups is 2. The first kappa shape index (κ1) is 27.5. The predicted molar refractivity (Wildman–Crippen MR) is 170 cm³/mol. The van der Waals surface area contributed by atoms with Crippen LogP contribution in [-0.4, -0.2) is 28.5 Å². The highest BCUT2D eigenvalue weighted by atomic mass is 35.5. The van der Waals surface area contributed by atoms with Gasteiger partial charge in [0, 0.05) is 38.8 Å². The zero-order valence-electron chi connectivity index (χ0n) is 22.9. The molecule has 43 heavy (non-hydrogen) atoms. The van der Waals surface area contributed by atoms with Gasteiger partial charge in [-0.15, -0.1) is 15.3 Å². The Morgan fingerprint density at radius 1 is 0.907 bits per heavy atom.